The maximum absolute atomic E-state index is 13.4. The van der Waals surface area contributed by atoms with Crippen molar-refractivity contribution in [3.63, 3.8) is 0 Å². The molecule has 31 heavy (non-hydrogen) atoms. The number of carbonyl (C=O) groups excluding carboxylic acids is 2. The molecule has 1 atom stereocenters. The van der Waals surface area contributed by atoms with Crippen LogP contribution in [0, 0.1) is 11.3 Å². The molecule has 1 heterocycles. The number of amides is 1. The Morgan fingerprint density at radius 3 is 2.23 bits per heavy atom. The first kappa shape index (κ1) is 20.9. The molecule has 3 aromatic rings. The fraction of sp³-hybridized carbons (Fsp3) is 0.0800. The normalized spacial score (nSPS) is 17.4. The molecule has 0 saturated carbocycles. The van der Waals surface area contributed by atoms with Crippen LogP contribution in [0.5, 0.6) is 0 Å². The Hall–Kier alpha value is -3.33. The number of nitriles is 1. The molecule has 6 heteroatoms. The molecule has 1 aliphatic rings. The zero-order chi connectivity index (χ0) is 21.8. The van der Waals surface area contributed by atoms with Crippen molar-refractivity contribution in [3.05, 3.63) is 112 Å². The third-order valence-electron chi connectivity index (χ3n) is 4.92. The molecule has 4 rings (SSSR count). The summed E-state index contributed by atoms with van der Waals surface area (Å²) in [5.41, 5.74) is 1.82. The van der Waals surface area contributed by atoms with Gasteiger partial charge >= 0.3 is 0 Å². The second-order valence-corrected chi connectivity index (χ2v) is 8.50. The SMILES string of the molecule is N#C/C(C(=O)c1ccccc1)=C1/S[C@@H](Cc2ccccc2Cl)C(=O)N1c1ccccc1. The number of hydrogen-bond acceptors (Lipinski definition) is 4. The maximum Gasteiger partial charge on any atom is 0.245 e. The van der Waals surface area contributed by atoms with Crippen LogP contribution in [-0.2, 0) is 11.2 Å². The summed E-state index contributed by atoms with van der Waals surface area (Å²) in [5, 5.41) is 10.3. The van der Waals surface area contributed by atoms with Gasteiger partial charge in [0, 0.05) is 16.3 Å². The third kappa shape index (κ3) is 4.27. The smallest absolute Gasteiger partial charge is 0.245 e. The molecule has 0 unspecified atom stereocenters. The Balaban J connectivity index is 1.79. The van der Waals surface area contributed by atoms with Crippen molar-refractivity contribution in [1.82, 2.24) is 0 Å². The van der Waals surface area contributed by atoms with Crippen LogP contribution in [0.2, 0.25) is 5.02 Å². The molecule has 0 radical (unpaired) electrons. The van der Waals surface area contributed by atoms with Crippen molar-refractivity contribution in [2.24, 2.45) is 0 Å². The van der Waals surface area contributed by atoms with Crippen LogP contribution in [0.25, 0.3) is 0 Å². The molecular formula is C25H17ClN2O2S. The summed E-state index contributed by atoms with van der Waals surface area (Å²) in [6.07, 6.45) is 0.397. The van der Waals surface area contributed by atoms with E-state index in [0.717, 1.165) is 5.56 Å². The summed E-state index contributed by atoms with van der Waals surface area (Å²) in [6, 6.07) is 27.1. The van der Waals surface area contributed by atoms with E-state index in [2.05, 4.69) is 0 Å². The summed E-state index contributed by atoms with van der Waals surface area (Å²) in [7, 11) is 0. The standard InChI is InChI=1S/C25H17ClN2O2S/c26-21-14-8-7-11-18(21)15-22-24(30)28(19-12-5-2-6-13-19)25(31-22)20(16-27)23(29)17-9-3-1-4-10-17/h1-14,22H,15H2/b25-20-/t22-/m0/s1. The summed E-state index contributed by atoms with van der Waals surface area (Å²) in [5.74, 6) is -0.586. The van der Waals surface area contributed by atoms with E-state index in [-0.39, 0.29) is 11.5 Å². The van der Waals surface area contributed by atoms with Gasteiger partial charge < -0.3 is 0 Å². The summed E-state index contributed by atoms with van der Waals surface area (Å²) in [4.78, 5) is 28.0. The van der Waals surface area contributed by atoms with Crippen molar-refractivity contribution in [2.75, 3.05) is 4.90 Å². The molecule has 0 bridgehead atoms. The average molecular weight is 445 g/mol. The monoisotopic (exact) mass is 444 g/mol. The van der Waals surface area contributed by atoms with Crippen LogP contribution in [0.3, 0.4) is 0 Å². The first-order valence-electron chi connectivity index (χ1n) is 9.63. The number of halogens is 1. The third-order valence-corrected chi connectivity index (χ3v) is 6.55. The van der Waals surface area contributed by atoms with Crippen molar-refractivity contribution in [1.29, 1.82) is 5.26 Å². The predicted molar refractivity (Wildman–Crippen MR) is 124 cm³/mol. The van der Waals surface area contributed by atoms with Crippen molar-refractivity contribution in [3.8, 4) is 6.07 Å². The molecule has 1 amide bonds. The highest BCUT2D eigenvalue weighted by Crippen LogP contribution is 2.42. The molecular weight excluding hydrogens is 428 g/mol. The number of thioether (sulfide) groups is 1. The summed E-state index contributed by atoms with van der Waals surface area (Å²) < 4.78 is 0. The number of nitrogens with zero attached hydrogens (tertiary/aromatic N) is 2. The van der Waals surface area contributed by atoms with E-state index < -0.39 is 11.0 Å². The molecule has 4 nitrogen and oxygen atoms in total. The lowest BCUT2D eigenvalue weighted by molar-refractivity contribution is -0.117. The molecule has 0 spiro atoms. The predicted octanol–water partition coefficient (Wildman–Crippen LogP) is 5.65. The Morgan fingerprint density at radius 1 is 0.968 bits per heavy atom. The highest BCUT2D eigenvalue weighted by Gasteiger charge is 2.41. The summed E-state index contributed by atoms with van der Waals surface area (Å²) in [6.45, 7) is 0. The number of ketones is 1. The number of benzene rings is 3. The zero-order valence-corrected chi connectivity index (χ0v) is 17.9. The van der Waals surface area contributed by atoms with E-state index in [9.17, 15) is 14.9 Å². The lowest BCUT2D eigenvalue weighted by atomic mass is 10.0. The zero-order valence-electron chi connectivity index (χ0n) is 16.4. The fourth-order valence-electron chi connectivity index (χ4n) is 3.40. The highest BCUT2D eigenvalue weighted by atomic mass is 35.5. The van der Waals surface area contributed by atoms with Gasteiger partial charge in [-0.15, -0.1) is 0 Å². The molecule has 1 fully saturated rings. The van der Waals surface area contributed by atoms with E-state index in [0.29, 0.717) is 27.7 Å². The van der Waals surface area contributed by atoms with Crippen LogP contribution in [-0.4, -0.2) is 16.9 Å². The number of Topliss-reactive ketones (excluding diaryl/α,β-unsaturated/α-hetero) is 1. The number of anilines is 1. The number of hydrogen-bond donors (Lipinski definition) is 0. The Morgan fingerprint density at radius 2 is 1.58 bits per heavy atom. The Labute approximate surface area is 189 Å². The van der Waals surface area contributed by atoms with E-state index in [1.165, 1.54) is 16.7 Å². The molecule has 152 valence electrons. The second kappa shape index (κ2) is 9.22. The number of rotatable bonds is 5. The van der Waals surface area contributed by atoms with Gasteiger partial charge in [0.15, 0.2) is 0 Å². The second-order valence-electron chi connectivity index (χ2n) is 6.90. The lowest BCUT2D eigenvalue weighted by Crippen LogP contribution is -2.30. The quantitative estimate of drug-likeness (QED) is 0.290. The summed E-state index contributed by atoms with van der Waals surface area (Å²) >= 11 is 7.54. The van der Waals surface area contributed by atoms with Crippen LogP contribution < -0.4 is 4.90 Å². The molecule has 0 aliphatic carbocycles. The van der Waals surface area contributed by atoms with Gasteiger partial charge in [-0.05, 0) is 30.2 Å². The number of carbonyl (C=O) groups is 2. The van der Waals surface area contributed by atoms with E-state index >= 15 is 0 Å². The average Bonchev–Trinajstić information content (AvgIpc) is 3.12. The van der Waals surface area contributed by atoms with Crippen molar-refractivity contribution < 1.29 is 9.59 Å². The maximum atomic E-state index is 13.4. The Kier molecular flexibility index (Phi) is 6.22. The van der Waals surface area contributed by atoms with Crippen LogP contribution in [0.15, 0.2) is 95.5 Å². The van der Waals surface area contributed by atoms with Crippen LogP contribution in [0.1, 0.15) is 15.9 Å². The lowest BCUT2D eigenvalue weighted by Gasteiger charge is -2.18. The van der Waals surface area contributed by atoms with E-state index in [1.54, 1.807) is 48.5 Å². The van der Waals surface area contributed by atoms with Gasteiger partial charge in [-0.25, -0.2) is 0 Å². The minimum atomic E-state index is -0.498. The van der Waals surface area contributed by atoms with Crippen molar-refractivity contribution >= 4 is 40.7 Å². The van der Waals surface area contributed by atoms with Gasteiger partial charge in [0.25, 0.3) is 0 Å². The van der Waals surface area contributed by atoms with E-state index in [4.69, 9.17) is 11.6 Å². The minimum absolute atomic E-state index is 0.0462. The topological polar surface area (TPSA) is 61.2 Å². The van der Waals surface area contributed by atoms with Gasteiger partial charge in [0.1, 0.15) is 16.7 Å². The van der Waals surface area contributed by atoms with Gasteiger partial charge in [-0.3, -0.25) is 14.5 Å². The van der Waals surface area contributed by atoms with Crippen LogP contribution >= 0.6 is 23.4 Å². The minimum Gasteiger partial charge on any atom is -0.288 e. The van der Waals surface area contributed by atoms with Gasteiger partial charge in [0.05, 0.1) is 5.25 Å². The molecule has 1 aliphatic heterocycles. The number of allylic oxidation sites excluding steroid dienone is 1. The molecule has 1 saturated heterocycles. The highest BCUT2D eigenvalue weighted by molar-refractivity contribution is 8.05. The first-order chi connectivity index (χ1) is 15.1. The van der Waals surface area contributed by atoms with Gasteiger partial charge in [-0.2, -0.15) is 5.26 Å². The van der Waals surface area contributed by atoms with Crippen molar-refractivity contribution in [2.45, 2.75) is 11.7 Å². The molecule has 0 aromatic heterocycles. The molecule has 0 N–H and O–H groups in total. The van der Waals surface area contributed by atoms with Crippen LogP contribution in [0.4, 0.5) is 5.69 Å². The molecule has 3 aromatic carbocycles. The van der Waals surface area contributed by atoms with Gasteiger partial charge in [-0.1, -0.05) is 90.1 Å². The number of para-hydroxylation sites is 1. The fourth-order valence-corrected chi connectivity index (χ4v) is 4.90. The van der Waals surface area contributed by atoms with Gasteiger partial charge in [0.2, 0.25) is 11.7 Å². The largest absolute Gasteiger partial charge is 0.288 e. The Bertz CT molecular complexity index is 1200. The van der Waals surface area contributed by atoms with E-state index in [1.807, 2.05) is 42.5 Å². The first-order valence-corrected chi connectivity index (χ1v) is 10.9.